The Balaban J connectivity index is 1.42. The number of amides is 1. The van der Waals surface area contributed by atoms with E-state index in [9.17, 15) is 4.79 Å². The molecule has 0 saturated heterocycles. The quantitative estimate of drug-likeness (QED) is 0.358. The zero-order valence-corrected chi connectivity index (χ0v) is 21.4. The lowest BCUT2D eigenvalue weighted by atomic mass is 10.1. The second kappa shape index (κ2) is 11.1. The molecule has 36 heavy (non-hydrogen) atoms. The Kier molecular flexibility index (Phi) is 7.73. The fourth-order valence-electron chi connectivity index (χ4n) is 4.40. The first-order valence-corrected chi connectivity index (χ1v) is 11.9. The number of aryl methyl sites for hydroxylation is 2. The van der Waals surface area contributed by atoms with E-state index in [1.807, 2.05) is 66.9 Å². The molecule has 0 aliphatic heterocycles. The van der Waals surface area contributed by atoms with Crippen LogP contribution in [-0.2, 0) is 17.6 Å². The number of carbonyl (C=O) groups excluding carboxylic acids is 1. The Hall–Kier alpha value is -4.07. The van der Waals surface area contributed by atoms with Crippen molar-refractivity contribution in [3.05, 3.63) is 71.0 Å². The smallest absolute Gasteiger partial charge is 0.220 e. The van der Waals surface area contributed by atoms with Crippen LogP contribution in [0, 0.1) is 13.8 Å². The van der Waals surface area contributed by atoms with Gasteiger partial charge in [0, 0.05) is 42.0 Å². The van der Waals surface area contributed by atoms with E-state index in [0.29, 0.717) is 25.8 Å². The molecule has 2 aromatic carbocycles. The number of rotatable bonds is 10. The summed E-state index contributed by atoms with van der Waals surface area (Å²) in [5, 5.41) is 7.80. The summed E-state index contributed by atoms with van der Waals surface area (Å²) in [4.78, 5) is 17.3. The van der Waals surface area contributed by atoms with E-state index < -0.39 is 0 Å². The molecular weight excluding hydrogens is 456 g/mol. The van der Waals surface area contributed by atoms with Crippen LogP contribution >= 0.6 is 0 Å². The maximum atomic E-state index is 12.6. The summed E-state index contributed by atoms with van der Waals surface area (Å²) in [6, 6.07) is 15.5. The minimum absolute atomic E-state index is 0.00319. The Morgan fingerprint density at radius 1 is 0.944 bits per heavy atom. The van der Waals surface area contributed by atoms with Crippen LogP contribution in [0.25, 0.3) is 16.9 Å². The fraction of sp³-hybridized carbons (Fsp3) is 0.321. The van der Waals surface area contributed by atoms with Crippen LogP contribution in [0.3, 0.4) is 0 Å². The fourth-order valence-corrected chi connectivity index (χ4v) is 4.40. The third-order valence-electron chi connectivity index (χ3n) is 6.36. The highest BCUT2D eigenvalue weighted by Gasteiger charge is 2.16. The molecule has 2 aromatic heterocycles. The normalized spacial score (nSPS) is 10.9. The first-order valence-electron chi connectivity index (χ1n) is 11.9. The average Bonchev–Trinajstić information content (AvgIpc) is 3.32. The van der Waals surface area contributed by atoms with Gasteiger partial charge >= 0.3 is 0 Å². The summed E-state index contributed by atoms with van der Waals surface area (Å²) in [5.74, 6) is 2.25. The van der Waals surface area contributed by atoms with E-state index in [-0.39, 0.29) is 5.91 Å². The maximum Gasteiger partial charge on any atom is 0.220 e. The highest BCUT2D eigenvalue weighted by molar-refractivity contribution is 5.76. The number of ether oxygens (including phenoxy) is 3. The van der Waals surface area contributed by atoms with E-state index in [0.717, 1.165) is 56.7 Å². The van der Waals surface area contributed by atoms with E-state index in [4.69, 9.17) is 24.3 Å². The number of hydrogen-bond acceptors (Lipinski definition) is 6. The van der Waals surface area contributed by atoms with Gasteiger partial charge in [0.25, 0.3) is 0 Å². The summed E-state index contributed by atoms with van der Waals surface area (Å²) in [6.07, 6.45) is 1.63. The minimum atomic E-state index is -0.00319. The standard InChI is InChI=1S/C28H32N4O4/c1-18-22(12-13-28(33)29-15-14-20-10-11-21(34-3)16-26(20)36-5)19(2)32-27(30-18)17-24(31-32)23-8-6-7-9-25(23)35-4/h6-11,16-17H,12-15H2,1-5H3,(H,29,33). The number of methoxy groups -OCH3 is 3. The molecular formula is C28H32N4O4. The lowest BCUT2D eigenvalue weighted by Gasteiger charge is -2.12. The number of nitrogens with one attached hydrogen (secondary N) is 1. The number of aromatic nitrogens is 3. The van der Waals surface area contributed by atoms with Gasteiger partial charge in [-0.25, -0.2) is 9.50 Å². The Labute approximate surface area is 211 Å². The largest absolute Gasteiger partial charge is 0.497 e. The second-order valence-electron chi connectivity index (χ2n) is 8.54. The van der Waals surface area contributed by atoms with Gasteiger partial charge in [0.15, 0.2) is 5.65 Å². The Morgan fingerprint density at radius 3 is 2.47 bits per heavy atom. The molecule has 8 nitrogen and oxygen atoms in total. The van der Waals surface area contributed by atoms with Crippen LogP contribution in [0.1, 0.15) is 28.9 Å². The van der Waals surface area contributed by atoms with E-state index in [2.05, 4.69) is 5.32 Å². The Bertz CT molecular complexity index is 1380. The lowest BCUT2D eigenvalue weighted by molar-refractivity contribution is -0.121. The molecule has 0 saturated carbocycles. The number of benzene rings is 2. The maximum absolute atomic E-state index is 12.6. The lowest BCUT2D eigenvalue weighted by Crippen LogP contribution is -2.26. The van der Waals surface area contributed by atoms with E-state index in [1.54, 1.807) is 21.3 Å². The molecule has 0 spiro atoms. The first-order chi connectivity index (χ1) is 17.4. The molecule has 0 atom stereocenters. The van der Waals surface area contributed by atoms with Gasteiger partial charge in [-0.3, -0.25) is 4.79 Å². The van der Waals surface area contributed by atoms with E-state index >= 15 is 0 Å². The van der Waals surface area contributed by atoms with Crippen LogP contribution in [0.15, 0.2) is 48.5 Å². The van der Waals surface area contributed by atoms with Crippen molar-refractivity contribution in [1.82, 2.24) is 19.9 Å². The summed E-state index contributed by atoms with van der Waals surface area (Å²) in [5.41, 5.74) is 6.42. The summed E-state index contributed by atoms with van der Waals surface area (Å²) in [6.45, 7) is 4.52. The number of nitrogens with zero attached hydrogens (tertiary/aromatic N) is 3. The molecule has 0 bridgehead atoms. The van der Waals surface area contributed by atoms with Crippen molar-refractivity contribution in [2.45, 2.75) is 33.1 Å². The van der Waals surface area contributed by atoms with Gasteiger partial charge in [-0.15, -0.1) is 0 Å². The molecule has 1 N–H and O–H groups in total. The molecule has 0 unspecified atom stereocenters. The molecule has 0 radical (unpaired) electrons. The zero-order valence-electron chi connectivity index (χ0n) is 21.4. The molecule has 1 amide bonds. The monoisotopic (exact) mass is 488 g/mol. The number of hydrogen-bond donors (Lipinski definition) is 1. The first kappa shape index (κ1) is 25.0. The van der Waals surface area contributed by atoms with E-state index in [1.165, 1.54) is 0 Å². The number of fused-ring (bicyclic) bond motifs is 1. The molecule has 4 rings (SSSR count). The zero-order chi connectivity index (χ0) is 25.7. The van der Waals surface area contributed by atoms with Crippen molar-refractivity contribution in [2.24, 2.45) is 0 Å². The van der Waals surface area contributed by atoms with Crippen molar-refractivity contribution in [1.29, 1.82) is 0 Å². The van der Waals surface area contributed by atoms with Crippen LogP contribution in [0.4, 0.5) is 0 Å². The predicted molar refractivity (Wildman–Crippen MR) is 139 cm³/mol. The Morgan fingerprint density at radius 2 is 1.72 bits per heavy atom. The van der Waals surface area contributed by atoms with Crippen molar-refractivity contribution in [3.63, 3.8) is 0 Å². The van der Waals surface area contributed by atoms with Gasteiger partial charge in [0.05, 0.1) is 27.0 Å². The van der Waals surface area contributed by atoms with Gasteiger partial charge in [0.2, 0.25) is 5.91 Å². The van der Waals surface area contributed by atoms with Crippen LogP contribution in [-0.4, -0.2) is 48.4 Å². The van der Waals surface area contributed by atoms with Crippen molar-refractivity contribution in [3.8, 4) is 28.5 Å². The highest BCUT2D eigenvalue weighted by atomic mass is 16.5. The average molecular weight is 489 g/mol. The topological polar surface area (TPSA) is 87.0 Å². The SMILES string of the molecule is COc1ccc(CCNC(=O)CCc2c(C)nc3cc(-c4ccccc4OC)nn3c2C)c(OC)c1. The molecule has 2 heterocycles. The van der Waals surface area contributed by atoms with Crippen molar-refractivity contribution in [2.75, 3.05) is 27.9 Å². The molecule has 8 heteroatoms. The van der Waals surface area contributed by atoms with Gasteiger partial charge in [-0.05, 0) is 56.0 Å². The van der Waals surface area contributed by atoms with Crippen molar-refractivity contribution >= 4 is 11.6 Å². The molecule has 0 aliphatic rings. The summed E-state index contributed by atoms with van der Waals surface area (Å²) >= 11 is 0. The second-order valence-corrected chi connectivity index (χ2v) is 8.54. The molecule has 0 fully saturated rings. The third kappa shape index (κ3) is 5.27. The minimum Gasteiger partial charge on any atom is -0.497 e. The van der Waals surface area contributed by atoms with Gasteiger partial charge in [-0.1, -0.05) is 18.2 Å². The summed E-state index contributed by atoms with van der Waals surface area (Å²) < 4.78 is 18.0. The summed E-state index contributed by atoms with van der Waals surface area (Å²) in [7, 11) is 4.90. The van der Waals surface area contributed by atoms with Crippen LogP contribution < -0.4 is 19.5 Å². The number of carbonyl (C=O) groups is 1. The van der Waals surface area contributed by atoms with Crippen LogP contribution in [0.2, 0.25) is 0 Å². The van der Waals surface area contributed by atoms with Gasteiger partial charge in [0.1, 0.15) is 17.2 Å². The predicted octanol–water partition coefficient (Wildman–Crippen LogP) is 4.33. The molecule has 4 aromatic rings. The molecule has 188 valence electrons. The number of para-hydroxylation sites is 1. The molecule has 0 aliphatic carbocycles. The van der Waals surface area contributed by atoms with Crippen LogP contribution in [0.5, 0.6) is 17.2 Å². The van der Waals surface area contributed by atoms with Gasteiger partial charge in [-0.2, -0.15) is 5.10 Å². The van der Waals surface area contributed by atoms with Gasteiger partial charge < -0.3 is 19.5 Å². The highest BCUT2D eigenvalue weighted by Crippen LogP contribution is 2.30. The third-order valence-corrected chi connectivity index (χ3v) is 6.36. The van der Waals surface area contributed by atoms with Crippen molar-refractivity contribution < 1.29 is 19.0 Å².